The van der Waals surface area contributed by atoms with E-state index in [1.54, 1.807) is 6.07 Å². The summed E-state index contributed by atoms with van der Waals surface area (Å²) in [5.74, 6) is 0.708. The molecule has 0 amide bonds. The first-order valence-corrected chi connectivity index (χ1v) is 6.58. The van der Waals surface area contributed by atoms with Gasteiger partial charge in [0.15, 0.2) is 5.82 Å². The minimum Gasteiger partial charge on any atom is -0.321 e. The van der Waals surface area contributed by atoms with Crippen LogP contribution in [0.4, 0.5) is 5.69 Å². The number of rotatable bonds is 5. The number of nitrogens with two attached hydrogens (primary N) is 1. The molecule has 2 rings (SSSR count). The van der Waals surface area contributed by atoms with Gasteiger partial charge in [0.05, 0.1) is 16.7 Å². The van der Waals surface area contributed by atoms with E-state index in [2.05, 4.69) is 10.2 Å². The van der Waals surface area contributed by atoms with Crippen molar-refractivity contribution in [3.63, 3.8) is 0 Å². The maximum atomic E-state index is 11.9. The predicted octanol–water partition coefficient (Wildman–Crippen LogP) is 1.51. The van der Waals surface area contributed by atoms with Crippen LogP contribution in [-0.4, -0.2) is 19.7 Å². The molecule has 0 fully saturated rings. The van der Waals surface area contributed by atoms with E-state index in [9.17, 15) is 14.9 Å². The molecule has 3 N–H and O–H groups in total. The van der Waals surface area contributed by atoms with Crippen LogP contribution in [0.15, 0.2) is 29.1 Å². The van der Waals surface area contributed by atoms with Gasteiger partial charge in [-0.05, 0) is 18.4 Å². The Bertz CT molecular complexity index is 704. The highest BCUT2D eigenvalue weighted by Crippen LogP contribution is 2.21. The van der Waals surface area contributed by atoms with Crippen LogP contribution in [0.3, 0.4) is 0 Å². The number of aromatic nitrogens is 3. The molecule has 0 unspecified atom stereocenters. The highest BCUT2D eigenvalue weighted by molar-refractivity contribution is 5.43. The van der Waals surface area contributed by atoms with Crippen molar-refractivity contribution < 1.29 is 4.92 Å². The molecule has 8 nitrogen and oxygen atoms in total. The van der Waals surface area contributed by atoms with Gasteiger partial charge in [0.1, 0.15) is 0 Å². The number of aromatic amines is 1. The van der Waals surface area contributed by atoms with Crippen LogP contribution in [-0.2, 0) is 0 Å². The lowest BCUT2D eigenvalue weighted by molar-refractivity contribution is -0.384. The number of benzene rings is 1. The fourth-order valence-corrected chi connectivity index (χ4v) is 2.17. The average molecular weight is 291 g/mol. The van der Waals surface area contributed by atoms with Gasteiger partial charge in [-0.1, -0.05) is 19.9 Å². The van der Waals surface area contributed by atoms with Gasteiger partial charge < -0.3 is 5.73 Å². The second-order valence-corrected chi connectivity index (χ2v) is 5.24. The monoisotopic (exact) mass is 291 g/mol. The second-order valence-electron chi connectivity index (χ2n) is 5.24. The first-order chi connectivity index (χ1) is 9.90. The normalized spacial score (nSPS) is 12.6. The topological polar surface area (TPSA) is 120 Å². The van der Waals surface area contributed by atoms with Crippen molar-refractivity contribution in [2.24, 2.45) is 11.7 Å². The quantitative estimate of drug-likeness (QED) is 0.639. The maximum Gasteiger partial charge on any atom is 0.347 e. The molecule has 0 spiro atoms. The molecule has 0 aliphatic carbocycles. The standard InChI is InChI=1S/C13H17N5O3/c1-8(2)6-11(14)12-15-16-13(19)17(12)9-4-3-5-10(7-9)18(20)21/h3-5,7-8,11H,6,14H2,1-2H3,(H,16,19)/t11-/m0/s1. The van der Waals surface area contributed by atoms with E-state index in [4.69, 9.17) is 5.73 Å². The zero-order chi connectivity index (χ0) is 15.6. The molecule has 0 radical (unpaired) electrons. The summed E-state index contributed by atoms with van der Waals surface area (Å²) in [6.07, 6.45) is 0.652. The number of non-ortho nitro benzene ring substituents is 1. The van der Waals surface area contributed by atoms with E-state index in [0.29, 0.717) is 23.9 Å². The minimum atomic E-state index is -0.512. The lowest BCUT2D eigenvalue weighted by Crippen LogP contribution is -2.23. The Morgan fingerprint density at radius 1 is 1.48 bits per heavy atom. The Morgan fingerprint density at radius 2 is 2.19 bits per heavy atom. The average Bonchev–Trinajstić information content (AvgIpc) is 2.80. The Morgan fingerprint density at radius 3 is 2.81 bits per heavy atom. The molecule has 8 heteroatoms. The van der Waals surface area contributed by atoms with Crippen molar-refractivity contribution in [2.45, 2.75) is 26.3 Å². The second kappa shape index (κ2) is 5.88. The molecule has 0 aliphatic heterocycles. The van der Waals surface area contributed by atoms with E-state index >= 15 is 0 Å². The number of hydrogen-bond donors (Lipinski definition) is 2. The molecule has 1 atom stereocenters. The van der Waals surface area contributed by atoms with Crippen molar-refractivity contribution in [1.29, 1.82) is 0 Å². The number of nitrogens with zero attached hydrogens (tertiary/aromatic N) is 3. The van der Waals surface area contributed by atoms with Gasteiger partial charge in [0.2, 0.25) is 0 Å². The number of nitro groups is 1. The van der Waals surface area contributed by atoms with E-state index < -0.39 is 16.7 Å². The molecule has 112 valence electrons. The smallest absolute Gasteiger partial charge is 0.321 e. The van der Waals surface area contributed by atoms with E-state index in [0.717, 1.165) is 0 Å². The number of H-pyrrole nitrogens is 1. The summed E-state index contributed by atoms with van der Waals surface area (Å²) in [6, 6.07) is 5.38. The van der Waals surface area contributed by atoms with Gasteiger partial charge in [0, 0.05) is 12.1 Å². The van der Waals surface area contributed by atoms with Gasteiger partial charge in [0.25, 0.3) is 5.69 Å². The van der Waals surface area contributed by atoms with Crippen molar-refractivity contribution in [2.75, 3.05) is 0 Å². The number of hydrogen-bond acceptors (Lipinski definition) is 5. The summed E-state index contributed by atoms with van der Waals surface area (Å²) in [6.45, 7) is 4.03. The minimum absolute atomic E-state index is 0.0935. The number of nitrogens with one attached hydrogen (secondary N) is 1. The van der Waals surface area contributed by atoms with Crippen LogP contribution in [0.1, 0.15) is 32.1 Å². The zero-order valence-corrected chi connectivity index (χ0v) is 11.8. The Kier molecular flexibility index (Phi) is 4.18. The van der Waals surface area contributed by atoms with E-state index in [1.807, 2.05) is 13.8 Å². The van der Waals surface area contributed by atoms with E-state index in [1.165, 1.54) is 22.8 Å². The zero-order valence-electron chi connectivity index (χ0n) is 11.8. The van der Waals surface area contributed by atoms with Crippen molar-refractivity contribution in [3.05, 3.63) is 50.7 Å². The fraction of sp³-hybridized carbons (Fsp3) is 0.385. The molecule has 2 aromatic rings. The van der Waals surface area contributed by atoms with Crippen molar-refractivity contribution in [1.82, 2.24) is 14.8 Å². The number of nitro benzene ring substituents is 1. The third-order valence-corrected chi connectivity index (χ3v) is 3.05. The summed E-state index contributed by atoms with van der Waals surface area (Å²) >= 11 is 0. The fourth-order valence-electron chi connectivity index (χ4n) is 2.17. The molecule has 0 aliphatic rings. The van der Waals surface area contributed by atoms with Crippen LogP contribution in [0.5, 0.6) is 0 Å². The van der Waals surface area contributed by atoms with Gasteiger partial charge in [-0.15, -0.1) is 0 Å². The molecule has 1 heterocycles. The van der Waals surface area contributed by atoms with Crippen LogP contribution in [0.25, 0.3) is 5.69 Å². The molecule has 1 aromatic carbocycles. The molecular weight excluding hydrogens is 274 g/mol. The van der Waals surface area contributed by atoms with Crippen LogP contribution >= 0.6 is 0 Å². The summed E-state index contributed by atoms with van der Waals surface area (Å²) in [4.78, 5) is 22.3. The lowest BCUT2D eigenvalue weighted by atomic mass is 10.0. The molecular formula is C13H17N5O3. The summed E-state index contributed by atoms with van der Waals surface area (Å²) in [5.41, 5.74) is 5.88. The Labute approximate surface area is 120 Å². The predicted molar refractivity (Wildman–Crippen MR) is 77.2 cm³/mol. The SMILES string of the molecule is CC(C)C[C@H](N)c1n[nH]c(=O)n1-c1cccc([N+](=O)[O-])c1. The largest absolute Gasteiger partial charge is 0.347 e. The summed E-state index contributed by atoms with van der Waals surface area (Å²) in [5, 5.41) is 17.1. The highest BCUT2D eigenvalue weighted by Gasteiger charge is 2.19. The first kappa shape index (κ1) is 14.9. The molecule has 0 saturated carbocycles. The third-order valence-electron chi connectivity index (χ3n) is 3.05. The van der Waals surface area contributed by atoms with Gasteiger partial charge in [-0.2, -0.15) is 5.10 Å². The lowest BCUT2D eigenvalue weighted by Gasteiger charge is -2.14. The Hall–Kier alpha value is -2.48. The van der Waals surface area contributed by atoms with Gasteiger partial charge >= 0.3 is 5.69 Å². The first-order valence-electron chi connectivity index (χ1n) is 6.58. The molecule has 1 aromatic heterocycles. The Balaban J connectivity index is 2.49. The highest BCUT2D eigenvalue weighted by atomic mass is 16.6. The van der Waals surface area contributed by atoms with Crippen molar-refractivity contribution >= 4 is 5.69 Å². The van der Waals surface area contributed by atoms with Gasteiger partial charge in [-0.25, -0.2) is 14.5 Å². The van der Waals surface area contributed by atoms with Crippen molar-refractivity contribution in [3.8, 4) is 5.69 Å². The maximum absolute atomic E-state index is 11.9. The van der Waals surface area contributed by atoms with Crippen LogP contribution in [0.2, 0.25) is 0 Å². The van der Waals surface area contributed by atoms with Gasteiger partial charge in [-0.3, -0.25) is 10.1 Å². The summed E-state index contributed by atoms with van der Waals surface area (Å²) < 4.78 is 1.28. The van der Waals surface area contributed by atoms with Crippen LogP contribution in [0, 0.1) is 16.0 Å². The van der Waals surface area contributed by atoms with Crippen LogP contribution < -0.4 is 11.4 Å². The summed E-state index contributed by atoms with van der Waals surface area (Å²) in [7, 11) is 0. The van der Waals surface area contributed by atoms with E-state index in [-0.39, 0.29) is 5.69 Å². The third kappa shape index (κ3) is 3.16. The molecule has 0 bridgehead atoms. The molecule has 0 saturated heterocycles. The molecule has 21 heavy (non-hydrogen) atoms.